The van der Waals surface area contributed by atoms with E-state index in [4.69, 9.17) is 16.0 Å². The smallest absolute Gasteiger partial charge is 0.254 e. The van der Waals surface area contributed by atoms with Crippen LogP contribution < -0.4 is 5.32 Å². The second-order valence-corrected chi connectivity index (χ2v) is 5.73. The molecule has 2 aromatic heterocycles. The van der Waals surface area contributed by atoms with Crippen LogP contribution in [0.4, 0.5) is 0 Å². The van der Waals surface area contributed by atoms with Crippen molar-refractivity contribution in [1.82, 2.24) is 15.1 Å². The molecule has 0 aliphatic rings. The number of aliphatic hydroxyl groups is 1. The summed E-state index contributed by atoms with van der Waals surface area (Å²) in [6, 6.07) is 10.5. The van der Waals surface area contributed by atoms with E-state index in [1.54, 1.807) is 42.1 Å². The first-order valence-corrected chi connectivity index (χ1v) is 7.74. The zero-order chi connectivity index (χ0) is 17.1. The molecule has 0 radical (unpaired) electrons. The van der Waals surface area contributed by atoms with E-state index < -0.39 is 6.10 Å². The summed E-state index contributed by atoms with van der Waals surface area (Å²) in [5.41, 5.74) is 1.84. The van der Waals surface area contributed by atoms with Crippen molar-refractivity contribution in [2.45, 2.75) is 13.0 Å². The number of carbonyl (C=O) groups excluding carboxylic acids is 1. The van der Waals surface area contributed by atoms with Gasteiger partial charge in [0.2, 0.25) is 0 Å². The number of nitrogens with zero attached hydrogens (tertiary/aromatic N) is 2. The first-order valence-electron chi connectivity index (χ1n) is 7.36. The number of aryl methyl sites for hydroxylation is 1. The SMILES string of the molecule is Cc1nn(-c2ccc(Cl)cc2)cc1C(=O)NCC(O)c1ccco1. The number of aliphatic hydroxyl groups excluding tert-OH is 1. The van der Waals surface area contributed by atoms with Crippen LogP contribution in [0.2, 0.25) is 5.02 Å². The van der Waals surface area contributed by atoms with Gasteiger partial charge in [0.15, 0.2) is 0 Å². The Morgan fingerprint density at radius 1 is 1.38 bits per heavy atom. The molecule has 0 fully saturated rings. The summed E-state index contributed by atoms with van der Waals surface area (Å²) in [5.74, 6) is 0.0993. The second kappa shape index (κ2) is 6.90. The van der Waals surface area contributed by atoms with Crippen LogP contribution >= 0.6 is 11.6 Å². The Hall–Kier alpha value is -2.57. The molecular weight excluding hydrogens is 330 g/mol. The zero-order valence-corrected chi connectivity index (χ0v) is 13.7. The number of hydrogen-bond donors (Lipinski definition) is 2. The third-order valence-corrected chi connectivity index (χ3v) is 3.81. The highest BCUT2D eigenvalue weighted by molar-refractivity contribution is 6.30. The van der Waals surface area contributed by atoms with Gasteiger partial charge in [-0.3, -0.25) is 4.79 Å². The lowest BCUT2D eigenvalue weighted by Crippen LogP contribution is -2.28. The topological polar surface area (TPSA) is 80.3 Å². The van der Waals surface area contributed by atoms with Crippen molar-refractivity contribution >= 4 is 17.5 Å². The van der Waals surface area contributed by atoms with Gasteiger partial charge < -0.3 is 14.8 Å². The van der Waals surface area contributed by atoms with Crippen LogP contribution in [-0.2, 0) is 0 Å². The van der Waals surface area contributed by atoms with Crippen molar-refractivity contribution in [3.8, 4) is 5.69 Å². The molecule has 3 aromatic rings. The van der Waals surface area contributed by atoms with Crippen LogP contribution in [0.5, 0.6) is 0 Å². The summed E-state index contributed by atoms with van der Waals surface area (Å²) in [6.45, 7) is 1.81. The molecule has 1 amide bonds. The Labute approximate surface area is 143 Å². The molecule has 1 atom stereocenters. The largest absolute Gasteiger partial charge is 0.467 e. The van der Waals surface area contributed by atoms with Crippen molar-refractivity contribution in [2.75, 3.05) is 6.54 Å². The molecule has 0 bridgehead atoms. The molecule has 0 saturated carbocycles. The van der Waals surface area contributed by atoms with E-state index in [0.29, 0.717) is 22.0 Å². The van der Waals surface area contributed by atoms with Crippen LogP contribution in [-0.4, -0.2) is 27.3 Å². The highest BCUT2D eigenvalue weighted by Gasteiger charge is 2.17. The lowest BCUT2D eigenvalue weighted by molar-refractivity contribution is 0.0900. The molecule has 124 valence electrons. The van der Waals surface area contributed by atoms with Gasteiger partial charge in [0.05, 0.1) is 29.8 Å². The molecule has 0 spiro atoms. The van der Waals surface area contributed by atoms with Gasteiger partial charge >= 0.3 is 0 Å². The maximum absolute atomic E-state index is 12.3. The van der Waals surface area contributed by atoms with Gasteiger partial charge in [0.1, 0.15) is 11.9 Å². The van der Waals surface area contributed by atoms with Gasteiger partial charge in [0.25, 0.3) is 5.91 Å². The minimum Gasteiger partial charge on any atom is -0.467 e. The molecule has 1 unspecified atom stereocenters. The average molecular weight is 346 g/mol. The minimum absolute atomic E-state index is 0.0535. The molecule has 7 heteroatoms. The lowest BCUT2D eigenvalue weighted by Gasteiger charge is -2.09. The van der Waals surface area contributed by atoms with Gasteiger partial charge in [0, 0.05) is 11.2 Å². The standard InChI is InChI=1S/C17H16ClN3O3/c1-11-14(10-21(20-11)13-6-4-12(18)5-7-13)17(23)19-9-15(22)16-3-2-8-24-16/h2-8,10,15,22H,9H2,1H3,(H,19,23). The number of hydrogen-bond acceptors (Lipinski definition) is 4. The van der Waals surface area contributed by atoms with Crippen molar-refractivity contribution < 1.29 is 14.3 Å². The normalized spacial score (nSPS) is 12.1. The van der Waals surface area contributed by atoms with E-state index in [1.165, 1.54) is 6.26 Å². The first kappa shape index (κ1) is 16.3. The van der Waals surface area contributed by atoms with E-state index in [1.807, 2.05) is 12.1 Å². The second-order valence-electron chi connectivity index (χ2n) is 5.29. The van der Waals surface area contributed by atoms with Gasteiger partial charge in [-0.25, -0.2) is 4.68 Å². The summed E-state index contributed by atoms with van der Waals surface area (Å²) in [5, 5.41) is 17.6. The Balaban J connectivity index is 1.70. The van der Waals surface area contributed by atoms with Crippen LogP contribution in [0.3, 0.4) is 0 Å². The summed E-state index contributed by atoms with van der Waals surface area (Å²) < 4.78 is 6.71. The Bertz CT molecular complexity index is 825. The van der Waals surface area contributed by atoms with Gasteiger partial charge in [-0.1, -0.05) is 11.6 Å². The zero-order valence-electron chi connectivity index (χ0n) is 12.9. The van der Waals surface area contributed by atoms with E-state index in [9.17, 15) is 9.90 Å². The molecule has 24 heavy (non-hydrogen) atoms. The molecule has 2 heterocycles. The molecule has 2 N–H and O–H groups in total. The quantitative estimate of drug-likeness (QED) is 0.745. The molecule has 1 aromatic carbocycles. The predicted molar refractivity (Wildman–Crippen MR) is 89.3 cm³/mol. The van der Waals surface area contributed by atoms with E-state index in [-0.39, 0.29) is 12.5 Å². The molecule has 0 aliphatic heterocycles. The summed E-state index contributed by atoms with van der Waals surface area (Å²) in [6.07, 6.45) is 2.23. The number of halogens is 1. The number of rotatable bonds is 5. The van der Waals surface area contributed by atoms with Gasteiger partial charge in [-0.15, -0.1) is 0 Å². The van der Waals surface area contributed by atoms with Gasteiger partial charge in [-0.05, 0) is 43.3 Å². The molecular formula is C17H16ClN3O3. The Morgan fingerprint density at radius 3 is 2.79 bits per heavy atom. The number of furan rings is 1. The van der Waals surface area contributed by atoms with E-state index in [0.717, 1.165) is 5.69 Å². The number of amides is 1. The molecule has 6 nitrogen and oxygen atoms in total. The van der Waals surface area contributed by atoms with Crippen LogP contribution in [0, 0.1) is 6.92 Å². The average Bonchev–Trinajstić information content (AvgIpc) is 3.23. The lowest BCUT2D eigenvalue weighted by atomic mass is 10.2. The Kier molecular flexibility index (Phi) is 4.69. The fourth-order valence-electron chi connectivity index (χ4n) is 2.28. The van der Waals surface area contributed by atoms with Crippen molar-refractivity contribution in [3.63, 3.8) is 0 Å². The number of carbonyl (C=O) groups is 1. The van der Waals surface area contributed by atoms with E-state index in [2.05, 4.69) is 10.4 Å². The Morgan fingerprint density at radius 2 is 2.12 bits per heavy atom. The predicted octanol–water partition coefficient (Wildman–Crippen LogP) is 2.89. The van der Waals surface area contributed by atoms with Crippen LogP contribution in [0.1, 0.15) is 27.9 Å². The highest BCUT2D eigenvalue weighted by Crippen LogP contribution is 2.16. The van der Waals surface area contributed by atoms with Crippen LogP contribution in [0.25, 0.3) is 5.69 Å². The summed E-state index contributed by atoms with van der Waals surface area (Å²) in [7, 11) is 0. The third kappa shape index (κ3) is 3.50. The molecule has 0 saturated heterocycles. The fourth-order valence-corrected chi connectivity index (χ4v) is 2.40. The number of aromatic nitrogens is 2. The molecule has 3 rings (SSSR count). The maximum Gasteiger partial charge on any atom is 0.254 e. The van der Waals surface area contributed by atoms with Crippen molar-refractivity contribution in [2.24, 2.45) is 0 Å². The number of benzene rings is 1. The first-order chi connectivity index (χ1) is 11.5. The highest BCUT2D eigenvalue weighted by atomic mass is 35.5. The minimum atomic E-state index is -0.893. The maximum atomic E-state index is 12.3. The third-order valence-electron chi connectivity index (χ3n) is 3.56. The van der Waals surface area contributed by atoms with Crippen LogP contribution in [0.15, 0.2) is 53.3 Å². The van der Waals surface area contributed by atoms with Crippen molar-refractivity contribution in [3.05, 3.63) is 70.9 Å². The van der Waals surface area contributed by atoms with Crippen molar-refractivity contribution in [1.29, 1.82) is 0 Å². The fraction of sp³-hybridized carbons (Fsp3) is 0.176. The van der Waals surface area contributed by atoms with E-state index >= 15 is 0 Å². The van der Waals surface area contributed by atoms with Gasteiger partial charge in [-0.2, -0.15) is 5.10 Å². The number of nitrogens with one attached hydrogen (secondary N) is 1. The summed E-state index contributed by atoms with van der Waals surface area (Å²) >= 11 is 5.87. The summed E-state index contributed by atoms with van der Waals surface area (Å²) in [4.78, 5) is 12.3. The molecule has 0 aliphatic carbocycles. The monoisotopic (exact) mass is 345 g/mol.